The second-order valence-corrected chi connectivity index (χ2v) is 9.59. The molecule has 1 aromatic carbocycles. The Morgan fingerprint density at radius 3 is 2.38 bits per heavy atom. The Morgan fingerprint density at radius 1 is 1.17 bits per heavy atom. The third kappa shape index (κ3) is 4.58. The zero-order valence-corrected chi connectivity index (χ0v) is 17.7. The summed E-state index contributed by atoms with van der Waals surface area (Å²) in [5, 5.41) is 10.0. The molecule has 2 amide bonds. The normalized spacial score (nSPS) is 29.8. The van der Waals surface area contributed by atoms with Crippen LogP contribution in [0.4, 0.5) is 5.69 Å². The average Bonchev–Trinajstić information content (AvgIpc) is 2.60. The number of hydrogen-bond acceptors (Lipinski definition) is 4. The van der Waals surface area contributed by atoms with Gasteiger partial charge in [-0.05, 0) is 87.3 Å². The summed E-state index contributed by atoms with van der Waals surface area (Å²) >= 11 is 6.19. The Bertz CT molecular complexity index is 793. The van der Waals surface area contributed by atoms with Crippen molar-refractivity contribution < 1.29 is 14.4 Å². The van der Waals surface area contributed by atoms with Crippen LogP contribution in [0.2, 0.25) is 5.02 Å². The Balaban J connectivity index is 1.24. The predicted octanol–water partition coefficient (Wildman–Crippen LogP) is 3.98. The largest absolute Gasteiger partial charge is 0.386 e. The maximum atomic E-state index is 12.4. The minimum absolute atomic E-state index is 0.0456. The van der Waals surface area contributed by atoms with Crippen molar-refractivity contribution in [2.45, 2.75) is 57.9 Å². The van der Waals surface area contributed by atoms with E-state index in [9.17, 15) is 9.59 Å². The van der Waals surface area contributed by atoms with Gasteiger partial charge in [0.15, 0.2) is 6.61 Å². The SMILES string of the molecule is Cc1cc(C)c(NC(=O)/C=N\OCC(=O)NC23CC4CC(CC(C4)C2)C3)c(Cl)c1. The van der Waals surface area contributed by atoms with E-state index in [2.05, 4.69) is 15.8 Å². The Hall–Kier alpha value is -2.08. The van der Waals surface area contributed by atoms with Crippen molar-refractivity contribution in [3.63, 3.8) is 0 Å². The Labute approximate surface area is 176 Å². The van der Waals surface area contributed by atoms with Gasteiger partial charge >= 0.3 is 0 Å². The summed E-state index contributed by atoms with van der Waals surface area (Å²) in [6.07, 6.45) is 8.28. The van der Waals surface area contributed by atoms with Crippen LogP contribution in [-0.4, -0.2) is 30.2 Å². The molecule has 4 saturated carbocycles. The summed E-state index contributed by atoms with van der Waals surface area (Å²) in [6.45, 7) is 3.63. The minimum atomic E-state index is -0.458. The summed E-state index contributed by atoms with van der Waals surface area (Å²) in [6, 6.07) is 3.72. The van der Waals surface area contributed by atoms with Crippen molar-refractivity contribution in [3.05, 3.63) is 28.3 Å². The van der Waals surface area contributed by atoms with E-state index in [0.29, 0.717) is 10.7 Å². The van der Waals surface area contributed by atoms with Crippen LogP contribution in [0, 0.1) is 31.6 Å². The lowest BCUT2D eigenvalue weighted by atomic mass is 9.53. The zero-order chi connectivity index (χ0) is 20.6. The average molecular weight is 418 g/mol. The summed E-state index contributed by atoms with van der Waals surface area (Å²) in [4.78, 5) is 29.5. The van der Waals surface area contributed by atoms with Crippen molar-refractivity contribution >= 4 is 35.3 Å². The van der Waals surface area contributed by atoms with E-state index in [4.69, 9.17) is 16.4 Å². The van der Waals surface area contributed by atoms with Gasteiger partial charge in [-0.1, -0.05) is 22.8 Å². The van der Waals surface area contributed by atoms with Crippen LogP contribution in [0.15, 0.2) is 17.3 Å². The number of nitrogens with one attached hydrogen (secondary N) is 2. The molecule has 4 bridgehead atoms. The molecule has 0 unspecified atom stereocenters. The van der Waals surface area contributed by atoms with E-state index >= 15 is 0 Å². The molecular weight excluding hydrogens is 390 g/mol. The first-order valence-corrected chi connectivity index (χ1v) is 10.7. The van der Waals surface area contributed by atoms with Crippen LogP contribution in [0.3, 0.4) is 0 Å². The highest BCUT2D eigenvalue weighted by molar-refractivity contribution is 6.37. The molecule has 29 heavy (non-hydrogen) atoms. The number of aryl methyl sites for hydroxylation is 2. The Morgan fingerprint density at radius 2 is 1.79 bits per heavy atom. The molecular formula is C22H28ClN3O3. The highest BCUT2D eigenvalue weighted by Crippen LogP contribution is 2.55. The topological polar surface area (TPSA) is 79.8 Å². The maximum Gasteiger partial charge on any atom is 0.270 e. The molecule has 5 rings (SSSR count). The smallest absolute Gasteiger partial charge is 0.270 e. The summed E-state index contributed by atoms with van der Waals surface area (Å²) in [5.41, 5.74) is 2.39. The summed E-state index contributed by atoms with van der Waals surface area (Å²) in [5.74, 6) is 1.67. The molecule has 4 fully saturated rings. The molecule has 0 spiro atoms. The lowest BCUT2D eigenvalue weighted by Gasteiger charge is -2.56. The fourth-order valence-corrected chi connectivity index (χ4v) is 6.37. The summed E-state index contributed by atoms with van der Waals surface area (Å²) < 4.78 is 0. The van der Waals surface area contributed by atoms with E-state index in [0.717, 1.165) is 54.4 Å². The van der Waals surface area contributed by atoms with E-state index in [1.54, 1.807) is 6.07 Å². The van der Waals surface area contributed by atoms with Gasteiger partial charge in [0.05, 0.1) is 10.7 Å². The minimum Gasteiger partial charge on any atom is -0.386 e. The fourth-order valence-electron chi connectivity index (χ4n) is 6.01. The van der Waals surface area contributed by atoms with Gasteiger partial charge in [0, 0.05) is 5.54 Å². The molecule has 4 aliphatic rings. The predicted molar refractivity (Wildman–Crippen MR) is 113 cm³/mol. The van der Waals surface area contributed by atoms with Crippen LogP contribution in [0.1, 0.15) is 49.7 Å². The van der Waals surface area contributed by atoms with Gasteiger partial charge < -0.3 is 15.5 Å². The maximum absolute atomic E-state index is 12.4. The highest BCUT2D eigenvalue weighted by atomic mass is 35.5. The number of oxime groups is 1. The fraction of sp³-hybridized carbons (Fsp3) is 0.591. The zero-order valence-electron chi connectivity index (χ0n) is 17.0. The quantitative estimate of drug-likeness (QED) is 0.542. The summed E-state index contributed by atoms with van der Waals surface area (Å²) in [7, 11) is 0. The van der Waals surface area contributed by atoms with Crippen LogP contribution >= 0.6 is 11.6 Å². The van der Waals surface area contributed by atoms with E-state index in [-0.39, 0.29) is 18.1 Å². The third-order valence-electron chi connectivity index (χ3n) is 6.56. The van der Waals surface area contributed by atoms with Crippen molar-refractivity contribution in [1.82, 2.24) is 5.32 Å². The second kappa shape index (κ2) is 7.98. The number of halogens is 1. The monoisotopic (exact) mass is 417 g/mol. The van der Waals surface area contributed by atoms with Gasteiger partial charge in [-0.25, -0.2) is 0 Å². The molecule has 0 saturated heterocycles. The molecule has 156 valence electrons. The number of nitrogens with zero attached hydrogens (tertiary/aromatic N) is 1. The number of amides is 2. The van der Waals surface area contributed by atoms with Gasteiger partial charge in [0.2, 0.25) is 0 Å². The number of benzene rings is 1. The van der Waals surface area contributed by atoms with Gasteiger partial charge in [0.1, 0.15) is 6.21 Å². The molecule has 0 aliphatic heterocycles. The molecule has 4 aliphatic carbocycles. The van der Waals surface area contributed by atoms with Gasteiger partial charge in [-0.15, -0.1) is 0 Å². The third-order valence-corrected chi connectivity index (χ3v) is 6.86. The number of carbonyl (C=O) groups excluding carboxylic acids is 2. The number of hydrogen-bond donors (Lipinski definition) is 2. The van der Waals surface area contributed by atoms with E-state index in [1.165, 1.54) is 19.3 Å². The van der Waals surface area contributed by atoms with Crippen LogP contribution in [0.25, 0.3) is 0 Å². The lowest BCUT2D eigenvalue weighted by molar-refractivity contribution is -0.131. The highest BCUT2D eigenvalue weighted by Gasteiger charge is 2.51. The molecule has 6 nitrogen and oxygen atoms in total. The van der Waals surface area contributed by atoms with E-state index in [1.807, 2.05) is 19.9 Å². The first kappa shape index (κ1) is 20.2. The van der Waals surface area contributed by atoms with Crippen LogP contribution in [0.5, 0.6) is 0 Å². The second-order valence-electron chi connectivity index (χ2n) is 9.18. The van der Waals surface area contributed by atoms with Gasteiger partial charge in [-0.3, -0.25) is 9.59 Å². The van der Waals surface area contributed by atoms with Crippen molar-refractivity contribution in [1.29, 1.82) is 0 Å². The first-order chi connectivity index (χ1) is 13.8. The number of carbonyl (C=O) groups is 2. The number of rotatable bonds is 6. The molecule has 0 aromatic heterocycles. The lowest BCUT2D eigenvalue weighted by Crippen LogP contribution is -2.60. The van der Waals surface area contributed by atoms with E-state index < -0.39 is 5.91 Å². The van der Waals surface area contributed by atoms with Gasteiger partial charge in [0.25, 0.3) is 11.8 Å². The molecule has 7 heteroatoms. The van der Waals surface area contributed by atoms with Crippen molar-refractivity contribution in [2.75, 3.05) is 11.9 Å². The Kier molecular flexibility index (Phi) is 5.56. The van der Waals surface area contributed by atoms with Gasteiger partial charge in [-0.2, -0.15) is 0 Å². The molecule has 2 N–H and O–H groups in total. The van der Waals surface area contributed by atoms with Crippen molar-refractivity contribution in [3.8, 4) is 0 Å². The van der Waals surface area contributed by atoms with Crippen LogP contribution < -0.4 is 10.6 Å². The molecule has 1 aromatic rings. The standard InChI is InChI=1S/C22H28ClN3O3/c1-13-3-14(2)21(18(23)4-13)25-19(27)11-24-29-12-20(28)26-22-8-15-5-16(9-22)7-17(6-15)10-22/h3-4,11,15-17H,5-10,12H2,1-2H3,(H,25,27)(H,26,28)/b24-11-. The molecule has 0 atom stereocenters. The van der Waals surface area contributed by atoms with Crippen molar-refractivity contribution in [2.24, 2.45) is 22.9 Å². The first-order valence-electron chi connectivity index (χ1n) is 10.4. The number of anilines is 1. The molecule has 0 heterocycles. The molecule has 0 radical (unpaired) electrons. The van der Waals surface area contributed by atoms with Crippen LogP contribution in [-0.2, 0) is 14.4 Å².